The third-order valence-corrected chi connectivity index (χ3v) is 3.88. The predicted octanol–water partition coefficient (Wildman–Crippen LogP) is 5.15. The molecule has 0 aliphatic heterocycles. The Labute approximate surface area is 155 Å². The van der Waals surface area contributed by atoms with Crippen LogP contribution in [-0.4, -0.2) is 31.5 Å². The van der Waals surface area contributed by atoms with Gasteiger partial charge < -0.3 is 9.47 Å². The van der Waals surface area contributed by atoms with Gasteiger partial charge in [-0.05, 0) is 69.8 Å². The minimum atomic E-state index is -0.271. The van der Waals surface area contributed by atoms with Gasteiger partial charge in [-0.15, -0.1) is 12.4 Å². The molecular formula is C20H36ClNO2. The van der Waals surface area contributed by atoms with E-state index in [-0.39, 0.29) is 24.9 Å². The largest absolute Gasteiger partial charge is 0.465 e. The smallest absolute Gasteiger partial charge is 0.198 e. The first-order chi connectivity index (χ1) is 10.7. The molecule has 2 unspecified atom stereocenters. The van der Waals surface area contributed by atoms with Crippen LogP contribution in [0.15, 0.2) is 18.2 Å². The van der Waals surface area contributed by atoms with Gasteiger partial charge in [0.15, 0.2) is 6.29 Å². The fraction of sp³-hybridized carbons (Fsp3) is 0.700. The van der Waals surface area contributed by atoms with E-state index in [9.17, 15) is 0 Å². The maximum atomic E-state index is 6.14. The lowest BCUT2D eigenvalue weighted by Gasteiger charge is -2.26. The summed E-state index contributed by atoms with van der Waals surface area (Å²) in [4.78, 5) is 2.03. The van der Waals surface area contributed by atoms with E-state index < -0.39 is 0 Å². The Morgan fingerprint density at radius 2 is 1.50 bits per heavy atom. The Kier molecular flexibility index (Phi) is 10.6. The molecule has 0 aliphatic rings. The molecule has 0 fully saturated rings. The van der Waals surface area contributed by atoms with Crippen LogP contribution in [-0.2, 0) is 17.6 Å². The molecule has 0 bridgehead atoms. The average molecular weight is 358 g/mol. The van der Waals surface area contributed by atoms with Crippen LogP contribution in [0.5, 0.6) is 5.75 Å². The molecule has 0 heterocycles. The van der Waals surface area contributed by atoms with Crippen molar-refractivity contribution in [3.8, 4) is 5.75 Å². The monoisotopic (exact) mass is 357 g/mol. The molecule has 0 saturated carbocycles. The number of nitrogens with zero attached hydrogens (tertiary/aromatic N) is 1. The molecule has 4 heteroatoms. The van der Waals surface area contributed by atoms with Gasteiger partial charge in [0.25, 0.3) is 0 Å². The van der Waals surface area contributed by atoms with E-state index >= 15 is 0 Å². The topological polar surface area (TPSA) is 21.7 Å². The maximum Gasteiger partial charge on any atom is 0.198 e. The van der Waals surface area contributed by atoms with Crippen molar-refractivity contribution in [1.82, 2.24) is 4.90 Å². The molecule has 1 rings (SSSR count). The second-order valence-corrected chi connectivity index (χ2v) is 7.47. The summed E-state index contributed by atoms with van der Waals surface area (Å²) in [5, 5.41) is 0. The Hall–Kier alpha value is -0.770. The van der Waals surface area contributed by atoms with Crippen molar-refractivity contribution in [2.45, 2.75) is 66.9 Å². The molecule has 24 heavy (non-hydrogen) atoms. The molecule has 1 aromatic carbocycles. The van der Waals surface area contributed by atoms with Gasteiger partial charge in [0.2, 0.25) is 0 Å². The van der Waals surface area contributed by atoms with Crippen LogP contribution >= 0.6 is 12.4 Å². The van der Waals surface area contributed by atoms with E-state index in [4.69, 9.17) is 9.47 Å². The number of benzene rings is 1. The van der Waals surface area contributed by atoms with Crippen LogP contribution in [0.25, 0.3) is 0 Å². The second kappa shape index (κ2) is 11.0. The summed E-state index contributed by atoms with van der Waals surface area (Å²) in [6.07, 6.45) is 1.88. The first-order valence-electron chi connectivity index (χ1n) is 8.80. The fourth-order valence-corrected chi connectivity index (χ4v) is 2.60. The number of hydrogen-bond acceptors (Lipinski definition) is 3. The summed E-state index contributed by atoms with van der Waals surface area (Å²) < 4.78 is 12.0. The van der Waals surface area contributed by atoms with Crippen LogP contribution in [0.2, 0.25) is 0 Å². The van der Waals surface area contributed by atoms with E-state index in [1.165, 1.54) is 11.1 Å². The molecule has 140 valence electrons. The summed E-state index contributed by atoms with van der Waals surface area (Å²) in [6, 6.07) is 6.40. The highest BCUT2D eigenvalue weighted by Gasteiger charge is 2.16. The molecule has 0 aliphatic carbocycles. The fourth-order valence-electron chi connectivity index (χ4n) is 2.60. The van der Waals surface area contributed by atoms with E-state index in [1.807, 2.05) is 32.8 Å². The SMILES string of the molecule is CC(C)Cc1cccc(OC(C)OC(C)N(C)C)c1CC(C)C.Cl. The molecule has 0 amide bonds. The van der Waals surface area contributed by atoms with Crippen molar-refractivity contribution in [1.29, 1.82) is 0 Å². The van der Waals surface area contributed by atoms with Crippen LogP contribution in [0, 0.1) is 11.8 Å². The molecule has 0 spiro atoms. The minimum absolute atomic E-state index is 0. The van der Waals surface area contributed by atoms with Gasteiger partial charge in [0.05, 0.1) is 0 Å². The normalized spacial score (nSPS) is 14.0. The summed E-state index contributed by atoms with van der Waals surface area (Å²) >= 11 is 0. The van der Waals surface area contributed by atoms with Crippen molar-refractivity contribution in [2.75, 3.05) is 14.1 Å². The number of hydrogen-bond donors (Lipinski definition) is 0. The molecule has 2 atom stereocenters. The lowest BCUT2D eigenvalue weighted by atomic mass is 9.92. The van der Waals surface area contributed by atoms with Crippen molar-refractivity contribution >= 4 is 12.4 Å². The zero-order valence-electron chi connectivity index (χ0n) is 16.6. The van der Waals surface area contributed by atoms with Crippen molar-refractivity contribution in [3.05, 3.63) is 29.3 Å². The molecule has 3 nitrogen and oxygen atoms in total. The van der Waals surface area contributed by atoms with Crippen molar-refractivity contribution < 1.29 is 9.47 Å². The van der Waals surface area contributed by atoms with E-state index in [0.717, 1.165) is 18.6 Å². The van der Waals surface area contributed by atoms with Gasteiger partial charge in [-0.25, -0.2) is 0 Å². The molecule has 0 saturated heterocycles. The van der Waals surface area contributed by atoms with Gasteiger partial charge in [-0.2, -0.15) is 0 Å². The zero-order chi connectivity index (χ0) is 17.6. The highest BCUT2D eigenvalue weighted by Crippen LogP contribution is 2.28. The summed E-state index contributed by atoms with van der Waals surface area (Å²) in [5.41, 5.74) is 2.74. The lowest BCUT2D eigenvalue weighted by molar-refractivity contribution is -0.143. The quantitative estimate of drug-likeness (QED) is 0.570. The average Bonchev–Trinajstić information content (AvgIpc) is 2.41. The Morgan fingerprint density at radius 1 is 0.917 bits per heavy atom. The Bertz CT molecular complexity index is 475. The first kappa shape index (κ1) is 23.2. The lowest BCUT2D eigenvalue weighted by Crippen LogP contribution is -2.33. The summed E-state index contributed by atoms with van der Waals surface area (Å²) in [7, 11) is 4.01. The van der Waals surface area contributed by atoms with E-state index in [1.54, 1.807) is 0 Å². The third-order valence-electron chi connectivity index (χ3n) is 3.88. The van der Waals surface area contributed by atoms with E-state index in [0.29, 0.717) is 11.8 Å². The van der Waals surface area contributed by atoms with Gasteiger partial charge in [0.1, 0.15) is 12.0 Å². The Morgan fingerprint density at radius 3 is 2.00 bits per heavy atom. The van der Waals surface area contributed by atoms with Gasteiger partial charge >= 0.3 is 0 Å². The predicted molar refractivity (Wildman–Crippen MR) is 105 cm³/mol. The standard InChI is InChI=1S/C20H35NO2.ClH/c1-14(2)12-18-10-9-11-20(19(18)13-15(3)4)23-17(6)22-16(5)21(7)8;/h9-11,14-17H,12-13H2,1-8H3;1H. The number of halogens is 1. The van der Waals surface area contributed by atoms with Gasteiger partial charge in [-0.1, -0.05) is 39.8 Å². The minimum Gasteiger partial charge on any atom is -0.465 e. The van der Waals surface area contributed by atoms with Gasteiger partial charge in [-0.3, -0.25) is 4.90 Å². The molecule has 0 radical (unpaired) electrons. The van der Waals surface area contributed by atoms with Gasteiger partial charge in [0, 0.05) is 0 Å². The van der Waals surface area contributed by atoms with Crippen LogP contribution in [0.3, 0.4) is 0 Å². The molecule has 0 N–H and O–H groups in total. The maximum absolute atomic E-state index is 6.14. The summed E-state index contributed by atoms with van der Waals surface area (Å²) in [6.45, 7) is 13.0. The van der Waals surface area contributed by atoms with Crippen molar-refractivity contribution in [3.63, 3.8) is 0 Å². The molecule has 1 aromatic rings. The number of ether oxygens (including phenoxy) is 2. The van der Waals surface area contributed by atoms with E-state index in [2.05, 4.69) is 45.9 Å². The van der Waals surface area contributed by atoms with Crippen LogP contribution < -0.4 is 4.74 Å². The number of rotatable bonds is 9. The second-order valence-electron chi connectivity index (χ2n) is 7.47. The zero-order valence-corrected chi connectivity index (χ0v) is 17.4. The highest BCUT2D eigenvalue weighted by atomic mass is 35.5. The highest BCUT2D eigenvalue weighted by molar-refractivity contribution is 5.85. The van der Waals surface area contributed by atoms with Crippen LogP contribution in [0.4, 0.5) is 0 Å². The van der Waals surface area contributed by atoms with Crippen LogP contribution in [0.1, 0.15) is 52.7 Å². The molecular weight excluding hydrogens is 322 g/mol. The third kappa shape index (κ3) is 7.87. The Balaban J connectivity index is 0.00000529. The summed E-state index contributed by atoms with van der Waals surface area (Å²) in [5.74, 6) is 2.21. The van der Waals surface area contributed by atoms with Crippen molar-refractivity contribution in [2.24, 2.45) is 11.8 Å². The molecule has 0 aromatic heterocycles. The first-order valence-corrected chi connectivity index (χ1v) is 8.80.